The van der Waals surface area contributed by atoms with Crippen molar-refractivity contribution in [2.24, 2.45) is 0 Å². The number of methoxy groups -OCH3 is 1. The van der Waals surface area contributed by atoms with E-state index in [1.54, 1.807) is 50.2 Å². The summed E-state index contributed by atoms with van der Waals surface area (Å²) < 4.78 is 63.7. The molecule has 3 fully saturated rings. The number of carbonyl (C=O) groups is 1. The fraction of sp³-hybridized carbons (Fsp3) is 0.357. The molecule has 3 aliphatic heterocycles. The number of nitriles is 1. The Morgan fingerprint density at radius 3 is 2.49 bits per heavy atom. The molecule has 5 aromatic rings. The fourth-order valence-electron chi connectivity index (χ4n) is 7.54. The zero-order valence-electron chi connectivity index (χ0n) is 32.1. The van der Waals surface area contributed by atoms with Gasteiger partial charge in [0.25, 0.3) is 5.91 Å². The number of ether oxygens (including phenoxy) is 1. The number of fused-ring (bicyclic) bond motifs is 3. The van der Waals surface area contributed by atoms with Crippen LogP contribution in [0.25, 0.3) is 39.0 Å². The van der Waals surface area contributed by atoms with Crippen molar-refractivity contribution in [2.45, 2.75) is 52.2 Å². The second-order valence-corrected chi connectivity index (χ2v) is 13.8. The van der Waals surface area contributed by atoms with Crippen molar-refractivity contribution in [1.29, 1.82) is 5.26 Å². The van der Waals surface area contributed by atoms with Crippen LogP contribution < -0.4 is 9.64 Å². The van der Waals surface area contributed by atoms with E-state index in [1.807, 2.05) is 4.90 Å². The van der Waals surface area contributed by atoms with E-state index < -0.39 is 29.5 Å². The van der Waals surface area contributed by atoms with Crippen molar-refractivity contribution in [2.75, 3.05) is 51.3 Å². The van der Waals surface area contributed by atoms with Gasteiger partial charge in [-0.2, -0.15) is 15.2 Å². The molecule has 3 aliphatic rings. The Morgan fingerprint density at radius 1 is 1.05 bits per heavy atom. The lowest BCUT2D eigenvalue weighted by Crippen LogP contribution is -2.49. The Morgan fingerprint density at radius 2 is 1.81 bits per heavy atom. The summed E-state index contributed by atoms with van der Waals surface area (Å²) in [6.45, 7) is 7.65. The topological polar surface area (TPSA) is 124 Å². The average molecular weight is 780 g/mol. The van der Waals surface area contributed by atoms with E-state index in [0.29, 0.717) is 57.3 Å². The first kappa shape index (κ1) is 40.5. The SMILES string of the molecule is C#Cc1c(F)ccc2cccc(-c3ncc4c(N5CCN(C(=O)/C(F)=C/c6cc(C)nc(C)n6)CC5)nc(OC)nc4c3F)c12.CC#N.FC1CC2CCCN2C1. The van der Waals surface area contributed by atoms with E-state index >= 15 is 4.39 Å². The van der Waals surface area contributed by atoms with Crippen LogP contribution in [0.5, 0.6) is 6.01 Å². The molecule has 2 atom stereocenters. The van der Waals surface area contributed by atoms with Gasteiger partial charge in [0.05, 0.1) is 29.8 Å². The predicted octanol–water partition coefficient (Wildman–Crippen LogP) is 6.90. The Bertz CT molecular complexity index is 2390. The van der Waals surface area contributed by atoms with E-state index in [0.717, 1.165) is 19.0 Å². The second-order valence-electron chi connectivity index (χ2n) is 13.8. The number of carbonyl (C=O) groups excluding carboxylic acids is 1. The number of benzene rings is 2. The number of alkyl halides is 1. The highest BCUT2D eigenvalue weighted by Crippen LogP contribution is 2.37. The third-order valence-electron chi connectivity index (χ3n) is 10.0. The van der Waals surface area contributed by atoms with E-state index in [9.17, 15) is 18.0 Å². The number of rotatable bonds is 5. The lowest BCUT2D eigenvalue weighted by atomic mass is 9.96. The van der Waals surface area contributed by atoms with E-state index in [4.69, 9.17) is 16.4 Å². The van der Waals surface area contributed by atoms with Gasteiger partial charge in [-0.05, 0) is 57.2 Å². The second kappa shape index (κ2) is 17.7. The van der Waals surface area contributed by atoms with Gasteiger partial charge in [-0.1, -0.05) is 30.2 Å². The minimum Gasteiger partial charge on any atom is -0.467 e. The monoisotopic (exact) mass is 779 g/mol. The van der Waals surface area contributed by atoms with Gasteiger partial charge >= 0.3 is 6.01 Å². The maximum Gasteiger partial charge on any atom is 0.318 e. The maximum atomic E-state index is 16.3. The summed E-state index contributed by atoms with van der Waals surface area (Å²) >= 11 is 0. The number of terminal acetylenes is 1. The normalized spacial score (nSPS) is 17.9. The molecular weight excluding hydrogens is 739 g/mol. The first-order chi connectivity index (χ1) is 27.5. The molecule has 0 radical (unpaired) electrons. The molecule has 1 amide bonds. The summed E-state index contributed by atoms with van der Waals surface area (Å²) in [5, 5.41) is 8.62. The van der Waals surface area contributed by atoms with Crippen LogP contribution in [0.1, 0.15) is 49.0 Å². The van der Waals surface area contributed by atoms with E-state index in [-0.39, 0.29) is 49.0 Å². The van der Waals surface area contributed by atoms with E-state index in [1.165, 1.54) is 44.0 Å². The van der Waals surface area contributed by atoms with Crippen molar-refractivity contribution < 1.29 is 27.1 Å². The molecular formula is C42H41F4N9O2. The number of halogens is 4. The molecule has 0 N–H and O–H groups in total. The molecule has 0 saturated carbocycles. The van der Waals surface area contributed by atoms with Gasteiger partial charge < -0.3 is 14.5 Å². The summed E-state index contributed by atoms with van der Waals surface area (Å²) in [5.41, 5.74) is 1.17. The van der Waals surface area contributed by atoms with E-state index in [2.05, 4.69) is 35.7 Å². The van der Waals surface area contributed by atoms with Gasteiger partial charge in [0, 0.05) is 74.6 Å². The molecule has 294 valence electrons. The zero-order chi connectivity index (χ0) is 40.8. The van der Waals surface area contributed by atoms with Crippen LogP contribution in [-0.4, -0.2) is 99.2 Å². The number of aromatic nitrogens is 5. The van der Waals surface area contributed by atoms with Crippen molar-refractivity contribution >= 4 is 39.5 Å². The molecule has 15 heteroatoms. The average Bonchev–Trinajstić information content (AvgIpc) is 3.78. The number of hydrogen-bond donors (Lipinski definition) is 0. The summed E-state index contributed by atoms with van der Waals surface area (Å²) in [6.07, 6.45) is 11.0. The molecule has 2 aromatic carbocycles. The van der Waals surface area contributed by atoms with Crippen molar-refractivity contribution in [3.05, 3.63) is 82.8 Å². The van der Waals surface area contributed by atoms with Gasteiger partial charge in [0.15, 0.2) is 11.6 Å². The molecule has 0 spiro atoms. The number of amides is 1. The Kier molecular flexibility index (Phi) is 12.6. The van der Waals surface area contributed by atoms with Crippen LogP contribution in [0.15, 0.2) is 48.4 Å². The fourth-order valence-corrected chi connectivity index (χ4v) is 7.54. The quantitative estimate of drug-likeness (QED) is 0.106. The molecule has 2 unspecified atom stereocenters. The van der Waals surface area contributed by atoms with Crippen LogP contribution >= 0.6 is 0 Å². The maximum absolute atomic E-state index is 16.3. The molecule has 11 nitrogen and oxygen atoms in total. The number of hydrogen-bond acceptors (Lipinski definition) is 10. The Hall–Kier alpha value is -6.19. The van der Waals surface area contributed by atoms with Gasteiger partial charge in [0.2, 0.25) is 0 Å². The third kappa shape index (κ3) is 8.79. The number of piperazine rings is 1. The number of pyridine rings is 1. The van der Waals surface area contributed by atoms with Crippen LogP contribution in [0.4, 0.5) is 23.4 Å². The Balaban J connectivity index is 0.000000391. The highest BCUT2D eigenvalue weighted by molar-refractivity contribution is 6.02. The summed E-state index contributed by atoms with van der Waals surface area (Å²) in [4.78, 5) is 39.9. The Labute approximate surface area is 328 Å². The van der Waals surface area contributed by atoms with Crippen LogP contribution in [0, 0.1) is 49.2 Å². The van der Waals surface area contributed by atoms with Gasteiger partial charge in [-0.15, -0.1) is 6.42 Å². The minimum atomic E-state index is -0.935. The highest BCUT2D eigenvalue weighted by atomic mass is 19.1. The molecule has 57 heavy (non-hydrogen) atoms. The molecule has 0 bridgehead atoms. The third-order valence-corrected chi connectivity index (χ3v) is 10.0. The predicted molar refractivity (Wildman–Crippen MR) is 209 cm³/mol. The van der Waals surface area contributed by atoms with Crippen LogP contribution in [0.2, 0.25) is 0 Å². The lowest BCUT2D eigenvalue weighted by Gasteiger charge is -2.35. The lowest BCUT2D eigenvalue weighted by molar-refractivity contribution is -0.128. The van der Waals surface area contributed by atoms with Gasteiger partial charge in [-0.25, -0.2) is 27.5 Å². The number of anilines is 1. The minimum absolute atomic E-state index is 0.00585. The zero-order valence-corrected chi connectivity index (χ0v) is 32.1. The summed E-state index contributed by atoms with van der Waals surface area (Å²) in [6, 6.07) is 11.8. The molecule has 0 aliphatic carbocycles. The molecule has 6 heterocycles. The standard InChI is InChI=1S/C33H26F3N7O2.C7H12FN.C2H3N/c1-5-22-25(34)10-9-20-7-6-8-23(27(20)22)29-28(36)30-24(17-37-29)31(41-33(40-30)45-4)42-11-13-43(14-12-42)32(44)26(35)16-21-15-18(2)38-19(3)39-21;8-6-4-7-2-1-3-9(7)5-6;1-2-3/h1,6-10,15-17H,11-14H2,2-4H3;6-7H,1-5H2;1H3/b26-16-;;. The number of aryl methyl sites for hydroxylation is 2. The van der Waals surface area contributed by atoms with Crippen molar-refractivity contribution in [3.8, 4) is 35.7 Å². The highest BCUT2D eigenvalue weighted by Gasteiger charge is 2.35. The largest absolute Gasteiger partial charge is 0.467 e. The summed E-state index contributed by atoms with van der Waals surface area (Å²) in [5.74, 6) is 0.140. The van der Waals surface area contributed by atoms with Gasteiger partial charge in [-0.3, -0.25) is 14.7 Å². The van der Waals surface area contributed by atoms with Crippen LogP contribution in [-0.2, 0) is 4.79 Å². The first-order valence-corrected chi connectivity index (χ1v) is 18.5. The molecule has 3 saturated heterocycles. The molecule has 8 rings (SSSR count). The first-order valence-electron chi connectivity index (χ1n) is 18.5. The van der Waals surface area contributed by atoms with Crippen LogP contribution in [0.3, 0.4) is 0 Å². The number of nitrogens with zero attached hydrogens (tertiary/aromatic N) is 9. The molecule has 3 aromatic heterocycles. The van der Waals surface area contributed by atoms with Crippen molar-refractivity contribution in [3.63, 3.8) is 0 Å². The van der Waals surface area contributed by atoms with Gasteiger partial charge in [0.1, 0.15) is 34.8 Å². The summed E-state index contributed by atoms with van der Waals surface area (Å²) in [7, 11) is 1.37. The smallest absolute Gasteiger partial charge is 0.318 e. The van der Waals surface area contributed by atoms with Crippen molar-refractivity contribution in [1.82, 2.24) is 34.7 Å².